The zero-order valence-electron chi connectivity index (χ0n) is 16.9. The molecule has 0 radical (unpaired) electrons. The summed E-state index contributed by atoms with van der Waals surface area (Å²) in [4.78, 5) is 0. The second-order valence-electron chi connectivity index (χ2n) is 9.51. The third-order valence-electron chi connectivity index (χ3n) is 6.56. The minimum absolute atomic E-state index is 0.276. The van der Waals surface area contributed by atoms with E-state index < -0.39 is 8.32 Å². The molecule has 6 heteroatoms. The fraction of sp³-hybridized carbons (Fsp3) is 0.895. The van der Waals surface area contributed by atoms with Crippen molar-refractivity contribution in [3.63, 3.8) is 0 Å². The van der Waals surface area contributed by atoms with Gasteiger partial charge in [0.05, 0.1) is 0 Å². The molecule has 1 N–H and O–H groups in total. The number of rotatable bonds is 6. The van der Waals surface area contributed by atoms with Crippen molar-refractivity contribution >= 4 is 8.32 Å². The van der Waals surface area contributed by atoms with Crippen LogP contribution < -0.4 is 5.32 Å². The van der Waals surface area contributed by atoms with Gasteiger partial charge in [0.1, 0.15) is 11.6 Å². The van der Waals surface area contributed by atoms with Gasteiger partial charge in [0.25, 0.3) is 0 Å². The summed E-state index contributed by atoms with van der Waals surface area (Å²) in [5.41, 5.74) is 0. The predicted octanol–water partition coefficient (Wildman–Crippen LogP) is 4.00. The zero-order chi connectivity index (χ0) is 18.2. The average Bonchev–Trinajstić information content (AvgIpc) is 3.05. The number of aromatic nitrogens is 3. The molecule has 1 aromatic rings. The Kier molecular flexibility index (Phi) is 5.43. The summed E-state index contributed by atoms with van der Waals surface area (Å²) in [6.45, 7) is 14.5. The van der Waals surface area contributed by atoms with Gasteiger partial charge in [-0.3, -0.25) is 0 Å². The average molecular weight is 365 g/mol. The molecule has 0 aliphatic carbocycles. The molecular formula is C19H36N4OSi. The highest BCUT2D eigenvalue weighted by molar-refractivity contribution is 6.74. The third-order valence-corrected chi connectivity index (χ3v) is 11.1. The van der Waals surface area contributed by atoms with Gasteiger partial charge >= 0.3 is 0 Å². The molecule has 2 aliphatic heterocycles. The number of hydrogen-bond donors (Lipinski definition) is 1. The van der Waals surface area contributed by atoms with E-state index >= 15 is 0 Å². The molecule has 5 nitrogen and oxygen atoms in total. The second-order valence-corrected chi connectivity index (χ2v) is 14.3. The van der Waals surface area contributed by atoms with Crippen molar-refractivity contribution in [2.75, 3.05) is 6.61 Å². The van der Waals surface area contributed by atoms with E-state index in [0.29, 0.717) is 18.1 Å². The minimum Gasteiger partial charge on any atom is -0.417 e. The van der Waals surface area contributed by atoms with Crippen molar-refractivity contribution in [1.29, 1.82) is 0 Å². The lowest BCUT2D eigenvalue weighted by Gasteiger charge is -2.36. The smallest absolute Gasteiger partial charge is 0.191 e. The standard InChI is InChI=1S/C19H36N4OSi/c1-14-21-22-18(8-7-11-24-25(5,6)19(2,3)4)23(14)17-12-15-9-10-16(13-17)20-15/h15-17,20H,7-13H2,1-6H3. The monoisotopic (exact) mass is 364 g/mol. The topological polar surface area (TPSA) is 52.0 Å². The van der Waals surface area contributed by atoms with Crippen molar-refractivity contribution in [1.82, 2.24) is 20.1 Å². The molecule has 2 saturated heterocycles. The molecule has 25 heavy (non-hydrogen) atoms. The highest BCUT2D eigenvalue weighted by Crippen LogP contribution is 2.37. The van der Waals surface area contributed by atoms with Gasteiger partial charge in [-0.2, -0.15) is 0 Å². The van der Waals surface area contributed by atoms with Crippen LogP contribution in [0.4, 0.5) is 0 Å². The van der Waals surface area contributed by atoms with Gasteiger partial charge in [-0.25, -0.2) is 0 Å². The molecule has 2 atom stereocenters. The maximum Gasteiger partial charge on any atom is 0.191 e. The molecule has 0 saturated carbocycles. The first kappa shape index (κ1) is 19.0. The van der Waals surface area contributed by atoms with Crippen LogP contribution in [0, 0.1) is 6.92 Å². The summed E-state index contributed by atoms with van der Waals surface area (Å²) in [6, 6.07) is 1.96. The van der Waals surface area contributed by atoms with Gasteiger partial charge in [0, 0.05) is 31.2 Å². The van der Waals surface area contributed by atoms with Crippen molar-refractivity contribution < 1.29 is 4.43 Å². The van der Waals surface area contributed by atoms with Gasteiger partial charge < -0.3 is 14.3 Å². The van der Waals surface area contributed by atoms with Crippen molar-refractivity contribution in [2.45, 2.75) is 102 Å². The van der Waals surface area contributed by atoms with E-state index in [-0.39, 0.29) is 5.04 Å². The van der Waals surface area contributed by atoms with E-state index in [1.165, 1.54) is 25.7 Å². The van der Waals surface area contributed by atoms with Crippen molar-refractivity contribution in [3.8, 4) is 0 Å². The molecule has 1 aromatic heterocycles. The lowest BCUT2D eigenvalue weighted by atomic mass is 9.99. The summed E-state index contributed by atoms with van der Waals surface area (Å²) < 4.78 is 8.75. The van der Waals surface area contributed by atoms with Crippen LogP contribution in [0.1, 0.15) is 70.6 Å². The molecular weight excluding hydrogens is 328 g/mol. The SMILES string of the molecule is Cc1nnc(CCCO[Si](C)(C)C(C)(C)C)n1C1CC2CCC(C1)N2. The molecule has 3 rings (SSSR count). The first-order chi connectivity index (χ1) is 11.7. The highest BCUT2D eigenvalue weighted by atomic mass is 28.4. The first-order valence-electron chi connectivity index (χ1n) is 9.98. The second kappa shape index (κ2) is 7.12. The fourth-order valence-corrected chi connectivity index (χ4v) is 5.16. The van der Waals surface area contributed by atoms with E-state index in [9.17, 15) is 0 Å². The van der Waals surface area contributed by atoms with E-state index in [1.54, 1.807) is 0 Å². The molecule has 0 spiro atoms. The van der Waals surface area contributed by atoms with Gasteiger partial charge in [-0.05, 0) is 57.2 Å². The van der Waals surface area contributed by atoms with E-state index in [2.05, 4.69) is 60.9 Å². The lowest BCUT2D eigenvalue weighted by Crippen LogP contribution is -2.41. The quantitative estimate of drug-likeness (QED) is 0.612. The number of piperidine rings is 1. The Morgan fingerprint density at radius 2 is 1.80 bits per heavy atom. The Labute approximate surface area is 154 Å². The molecule has 2 aliphatic rings. The van der Waals surface area contributed by atoms with Crippen LogP contribution in [-0.2, 0) is 10.8 Å². The number of nitrogens with zero attached hydrogens (tertiary/aromatic N) is 3. The molecule has 2 bridgehead atoms. The number of hydrogen-bond acceptors (Lipinski definition) is 4. The van der Waals surface area contributed by atoms with Crippen molar-refractivity contribution in [3.05, 3.63) is 11.6 Å². The van der Waals surface area contributed by atoms with Crippen LogP contribution in [0.15, 0.2) is 0 Å². The maximum absolute atomic E-state index is 6.32. The number of fused-ring (bicyclic) bond motifs is 2. The summed E-state index contributed by atoms with van der Waals surface area (Å²) in [6.07, 6.45) is 7.11. The van der Waals surface area contributed by atoms with Crippen LogP contribution in [0.3, 0.4) is 0 Å². The minimum atomic E-state index is -1.64. The van der Waals surface area contributed by atoms with Crippen LogP contribution in [0.5, 0.6) is 0 Å². The Morgan fingerprint density at radius 3 is 2.40 bits per heavy atom. The largest absolute Gasteiger partial charge is 0.417 e. The van der Waals surface area contributed by atoms with Gasteiger partial charge in [-0.15, -0.1) is 10.2 Å². The normalized spacial score (nSPS) is 27.0. The summed E-state index contributed by atoms with van der Waals surface area (Å²) >= 11 is 0. The summed E-state index contributed by atoms with van der Waals surface area (Å²) in [7, 11) is -1.64. The molecule has 142 valence electrons. The number of aryl methyl sites for hydroxylation is 2. The van der Waals surface area contributed by atoms with Crippen LogP contribution in [0.25, 0.3) is 0 Å². The van der Waals surface area contributed by atoms with Crippen LogP contribution >= 0.6 is 0 Å². The van der Waals surface area contributed by atoms with Crippen LogP contribution in [-0.4, -0.2) is 41.8 Å². The van der Waals surface area contributed by atoms with E-state index in [0.717, 1.165) is 31.1 Å². The molecule has 2 fully saturated rings. The lowest BCUT2D eigenvalue weighted by molar-refractivity contribution is 0.273. The third kappa shape index (κ3) is 4.17. The Balaban J connectivity index is 1.57. The Hall–Kier alpha value is -0.723. The van der Waals surface area contributed by atoms with E-state index in [1.807, 2.05) is 0 Å². The predicted molar refractivity (Wildman–Crippen MR) is 104 cm³/mol. The van der Waals surface area contributed by atoms with Gasteiger partial charge in [0.15, 0.2) is 8.32 Å². The Morgan fingerprint density at radius 1 is 1.16 bits per heavy atom. The number of nitrogens with one attached hydrogen (secondary N) is 1. The summed E-state index contributed by atoms with van der Waals surface area (Å²) in [5.74, 6) is 2.23. The Bertz CT molecular complexity index is 581. The molecule has 2 unspecified atom stereocenters. The first-order valence-corrected chi connectivity index (χ1v) is 12.9. The van der Waals surface area contributed by atoms with E-state index in [4.69, 9.17) is 4.43 Å². The molecule has 3 heterocycles. The van der Waals surface area contributed by atoms with Gasteiger partial charge in [-0.1, -0.05) is 20.8 Å². The van der Waals surface area contributed by atoms with Crippen molar-refractivity contribution in [2.24, 2.45) is 0 Å². The summed E-state index contributed by atoms with van der Waals surface area (Å²) in [5, 5.41) is 12.9. The molecule has 0 amide bonds. The van der Waals surface area contributed by atoms with Gasteiger partial charge in [0.2, 0.25) is 0 Å². The molecule has 0 aromatic carbocycles. The maximum atomic E-state index is 6.32. The highest BCUT2D eigenvalue weighted by Gasteiger charge is 2.37. The fourth-order valence-electron chi connectivity index (χ4n) is 4.07. The van der Waals surface area contributed by atoms with Crippen LogP contribution in [0.2, 0.25) is 18.1 Å². The zero-order valence-corrected chi connectivity index (χ0v) is 17.9.